The van der Waals surface area contributed by atoms with Crippen LogP contribution in [0.1, 0.15) is 56.6 Å². The van der Waals surface area contributed by atoms with Crippen molar-refractivity contribution < 1.29 is 32.3 Å². The van der Waals surface area contributed by atoms with E-state index in [1.807, 2.05) is 11.8 Å². The Morgan fingerprint density at radius 1 is 1.22 bits per heavy atom. The number of hydrogen-bond acceptors (Lipinski definition) is 4. The first-order valence-corrected chi connectivity index (χ1v) is 12.8. The quantitative estimate of drug-likeness (QED) is 0.325. The molecular weight excluding hydrogens is 502 g/mol. The molecule has 36 heavy (non-hydrogen) atoms. The number of nitrogens with zero attached hydrogens (tertiary/aromatic N) is 2. The molecule has 2 N–H and O–H groups in total. The number of piperidine rings is 1. The lowest BCUT2D eigenvalue weighted by atomic mass is 10.0. The van der Waals surface area contributed by atoms with Crippen molar-refractivity contribution in [1.82, 2.24) is 15.1 Å². The van der Waals surface area contributed by atoms with Crippen molar-refractivity contribution in [2.24, 2.45) is 5.92 Å². The number of amides is 1. The summed E-state index contributed by atoms with van der Waals surface area (Å²) in [6, 6.07) is 4.04. The Balaban J connectivity index is 0.000000269. The summed E-state index contributed by atoms with van der Waals surface area (Å²) >= 11 is 5.91. The topological polar surface area (TPSA) is 72.9 Å². The third kappa shape index (κ3) is 10.2. The van der Waals surface area contributed by atoms with Crippen LogP contribution in [-0.4, -0.2) is 72.2 Å². The molecule has 0 aliphatic carbocycles. The van der Waals surface area contributed by atoms with E-state index in [1.165, 1.54) is 12.1 Å². The van der Waals surface area contributed by atoms with Gasteiger partial charge in [-0.1, -0.05) is 31.0 Å². The number of carboxylic acid groups (broad SMARTS) is 1. The smallest absolute Gasteiger partial charge is 0.416 e. The number of benzene rings is 1. The van der Waals surface area contributed by atoms with Crippen LogP contribution in [0.15, 0.2) is 18.2 Å². The molecule has 2 aliphatic heterocycles. The molecule has 0 radical (unpaired) electrons. The molecule has 2 atom stereocenters. The first kappa shape index (κ1) is 30.3. The summed E-state index contributed by atoms with van der Waals surface area (Å²) in [6.07, 6.45) is -0.198. The van der Waals surface area contributed by atoms with Crippen LogP contribution in [0.25, 0.3) is 0 Å². The zero-order valence-corrected chi connectivity index (χ0v) is 21.3. The average Bonchev–Trinajstić information content (AvgIpc) is 3.22. The van der Waals surface area contributed by atoms with E-state index in [9.17, 15) is 27.2 Å². The molecule has 0 saturated carbocycles. The van der Waals surface area contributed by atoms with Gasteiger partial charge >= 0.3 is 12.1 Å². The third-order valence-corrected chi connectivity index (χ3v) is 6.94. The Bertz CT molecular complexity index is 835. The second-order valence-electron chi connectivity index (χ2n) is 9.50. The van der Waals surface area contributed by atoms with Crippen LogP contribution < -0.4 is 5.32 Å². The highest BCUT2D eigenvalue weighted by atomic mass is 35.5. The predicted octanol–water partition coefficient (Wildman–Crippen LogP) is 4.99. The Hall–Kier alpha value is -1.91. The molecule has 6 nitrogen and oxygen atoms in total. The highest BCUT2D eigenvalue weighted by Crippen LogP contribution is 2.36. The Morgan fingerprint density at radius 3 is 2.47 bits per heavy atom. The van der Waals surface area contributed by atoms with Gasteiger partial charge in [0.15, 0.2) is 0 Å². The maximum absolute atomic E-state index is 13.3. The normalized spacial score (nSPS) is 20.4. The summed E-state index contributed by atoms with van der Waals surface area (Å²) in [6.45, 7) is 5.51. The van der Waals surface area contributed by atoms with Gasteiger partial charge in [0.25, 0.3) is 0 Å². The van der Waals surface area contributed by atoms with E-state index in [0.717, 1.165) is 44.8 Å². The fraction of sp³-hybridized carbons (Fsp3) is 0.680. The van der Waals surface area contributed by atoms with E-state index in [4.69, 9.17) is 16.7 Å². The molecule has 2 saturated heterocycles. The van der Waals surface area contributed by atoms with Crippen molar-refractivity contribution >= 4 is 24.0 Å². The van der Waals surface area contributed by atoms with Crippen molar-refractivity contribution in [3.63, 3.8) is 0 Å². The molecule has 0 bridgehead atoms. The van der Waals surface area contributed by atoms with E-state index in [-0.39, 0.29) is 29.5 Å². The monoisotopic (exact) mass is 537 g/mol. The Morgan fingerprint density at radius 2 is 1.89 bits per heavy atom. The van der Waals surface area contributed by atoms with Crippen molar-refractivity contribution in [3.8, 4) is 0 Å². The number of nitrogens with one attached hydrogen (secondary N) is 1. The number of alkyl halides is 4. The largest absolute Gasteiger partial charge is 0.481 e. The number of hydrogen-bond donors (Lipinski definition) is 2. The van der Waals surface area contributed by atoms with Gasteiger partial charge in [-0.05, 0) is 55.8 Å². The molecule has 11 heteroatoms. The summed E-state index contributed by atoms with van der Waals surface area (Å²) < 4.78 is 52.3. The molecule has 1 aromatic carbocycles. The van der Waals surface area contributed by atoms with E-state index >= 15 is 0 Å². The van der Waals surface area contributed by atoms with Gasteiger partial charge in [-0.25, -0.2) is 4.39 Å². The molecule has 2 fully saturated rings. The zero-order valence-electron chi connectivity index (χ0n) is 20.6. The van der Waals surface area contributed by atoms with E-state index in [1.54, 1.807) is 0 Å². The molecule has 2 aliphatic rings. The van der Waals surface area contributed by atoms with Gasteiger partial charge in [-0.15, -0.1) is 0 Å². The minimum Gasteiger partial charge on any atom is -0.481 e. The number of likely N-dealkylation sites (tertiary alicyclic amines) is 2. The zero-order chi connectivity index (χ0) is 26.7. The number of carbonyl (C=O) groups excluding carboxylic acids is 1. The first-order chi connectivity index (χ1) is 17.0. The van der Waals surface area contributed by atoms with E-state index in [0.29, 0.717) is 38.5 Å². The number of aliphatic carboxylic acids is 1. The predicted molar refractivity (Wildman–Crippen MR) is 131 cm³/mol. The van der Waals surface area contributed by atoms with Crippen LogP contribution in [-0.2, 0) is 22.3 Å². The number of carboxylic acids is 1. The van der Waals surface area contributed by atoms with Gasteiger partial charge in [0.2, 0.25) is 6.41 Å². The van der Waals surface area contributed by atoms with Gasteiger partial charge in [0.05, 0.1) is 5.56 Å². The highest BCUT2D eigenvalue weighted by molar-refractivity contribution is 6.31. The van der Waals surface area contributed by atoms with Gasteiger partial charge in [-0.2, -0.15) is 13.2 Å². The Labute approximate surface area is 215 Å². The van der Waals surface area contributed by atoms with Gasteiger partial charge in [0.1, 0.15) is 6.17 Å². The number of halogens is 5. The maximum atomic E-state index is 13.3. The standard InChI is InChI=1S/C14H15ClF3NO2.C11H21FN2O/c15-12-3-1-2-11(14(16,17)18)10(12)8-19-5-4-9(7-19)6-13(20)21;1-2-3-10(12)8-14-6-4-11(5-7-14)13-9-15/h1-3,9H,4-8H2,(H,20,21);9-11H,2-8H2,1H3,(H,13,15)/t9-;/m0./s1. The lowest BCUT2D eigenvalue weighted by molar-refractivity contribution is -0.139. The lowest BCUT2D eigenvalue weighted by Gasteiger charge is -2.32. The summed E-state index contributed by atoms with van der Waals surface area (Å²) in [7, 11) is 0. The van der Waals surface area contributed by atoms with Crippen LogP contribution in [0.3, 0.4) is 0 Å². The minimum atomic E-state index is -4.44. The molecule has 2 heterocycles. The number of rotatable bonds is 10. The van der Waals surface area contributed by atoms with E-state index < -0.39 is 23.9 Å². The fourth-order valence-corrected chi connectivity index (χ4v) is 4.98. The minimum absolute atomic E-state index is 0.0145. The highest BCUT2D eigenvalue weighted by Gasteiger charge is 2.35. The summed E-state index contributed by atoms with van der Waals surface area (Å²) in [4.78, 5) is 24.9. The van der Waals surface area contributed by atoms with Crippen LogP contribution in [0.4, 0.5) is 17.6 Å². The van der Waals surface area contributed by atoms with Crippen molar-refractivity contribution in [1.29, 1.82) is 0 Å². The van der Waals surface area contributed by atoms with Crippen LogP contribution in [0.5, 0.6) is 0 Å². The van der Waals surface area contributed by atoms with E-state index in [2.05, 4.69) is 10.2 Å². The van der Waals surface area contributed by atoms with Crippen LogP contribution in [0, 0.1) is 5.92 Å². The summed E-state index contributed by atoms with van der Waals surface area (Å²) in [5, 5.41) is 11.6. The first-order valence-electron chi connectivity index (χ1n) is 12.4. The van der Waals surface area contributed by atoms with Crippen molar-refractivity contribution in [2.45, 2.75) is 70.4 Å². The summed E-state index contributed by atoms with van der Waals surface area (Å²) in [5.74, 6) is -0.894. The fourth-order valence-electron chi connectivity index (χ4n) is 4.74. The van der Waals surface area contributed by atoms with Crippen molar-refractivity contribution in [3.05, 3.63) is 34.3 Å². The number of carbonyl (C=O) groups is 2. The maximum Gasteiger partial charge on any atom is 0.416 e. The van der Waals surface area contributed by atoms with Crippen molar-refractivity contribution in [2.75, 3.05) is 32.7 Å². The third-order valence-electron chi connectivity index (χ3n) is 6.59. The summed E-state index contributed by atoms with van der Waals surface area (Å²) in [5.41, 5.74) is -0.667. The molecule has 0 spiro atoms. The molecule has 1 unspecified atom stereocenters. The molecule has 0 aromatic heterocycles. The molecule has 204 valence electrons. The van der Waals surface area contributed by atoms with Crippen LogP contribution in [0.2, 0.25) is 5.02 Å². The lowest BCUT2D eigenvalue weighted by Crippen LogP contribution is -2.44. The molecular formula is C25H36ClF4N3O3. The average molecular weight is 538 g/mol. The van der Waals surface area contributed by atoms with Gasteiger partial charge in [-0.3, -0.25) is 14.5 Å². The van der Waals surface area contributed by atoms with Gasteiger partial charge < -0.3 is 15.3 Å². The molecule has 1 aromatic rings. The second-order valence-corrected chi connectivity index (χ2v) is 9.90. The molecule has 3 rings (SSSR count). The van der Waals surface area contributed by atoms with Crippen LogP contribution >= 0.6 is 11.6 Å². The van der Waals surface area contributed by atoms with Gasteiger partial charge in [0, 0.05) is 50.2 Å². The molecule has 1 amide bonds. The Kier molecular flexibility index (Phi) is 12.4. The SMILES string of the molecule is CCCC(F)CN1CCC(NC=O)CC1.O=C(O)C[C@@H]1CCN(Cc2c(Cl)cccc2C(F)(F)F)C1. The second kappa shape index (κ2) is 14.7.